The molecule has 9 heteroatoms. The Hall–Kier alpha value is -0.770. The molecule has 2 fully saturated rings. The van der Waals surface area contributed by atoms with Crippen molar-refractivity contribution in [1.29, 1.82) is 0 Å². The summed E-state index contributed by atoms with van der Waals surface area (Å²) in [5.74, 6) is -0.628. The Labute approximate surface area is 158 Å². The van der Waals surface area contributed by atoms with Gasteiger partial charge in [-0.3, -0.25) is 4.90 Å². The maximum atomic E-state index is 13.5. The van der Waals surface area contributed by atoms with E-state index in [1.165, 1.54) is 16.4 Å². The Morgan fingerprint density at radius 2 is 1.81 bits per heavy atom. The summed E-state index contributed by atoms with van der Waals surface area (Å²) in [6.07, 6.45) is 1.30. The SMILES string of the molecule is O=S(=O)(c1ccc(F)c(Cl)c1)N(CCN1CCOCC1)C1CCOCC1. The molecule has 0 unspecified atom stereocenters. The van der Waals surface area contributed by atoms with Crippen molar-refractivity contribution in [2.75, 3.05) is 52.6 Å². The Balaban J connectivity index is 1.81. The third-order valence-electron chi connectivity index (χ3n) is 4.84. The molecule has 0 amide bonds. The molecule has 0 bridgehead atoms. The molecule has 0 saturated carbocycles. The van der Waals surface area contributed by atoms with E-state index in [-0.39, 0.29) is 16.0 Å². The van der Waals surface area contributed by atoms with Gasteiger partial charge in [-0.05, 0) is 31.0 Å². The largest absolute Gasteiger partial charge is 0.381 e. The van der Waals surface area contributed by atoms with Gasteiger partial charge in [0.25, 0.3) is 0 Å². The number of benzene rings is 1. The van der Waals surface area contributed by atoms with Crippen LogP contribution in [0.25, 0.3) is 0 Å². The van der Waals surface area contributed by atoms with Crippen molar-refractivity contribution in [3.63, 3.8) is 0 Å². The van der Waals surface area contributed by atoms with E-state index in [1.54, 1.807) is 0 Å². The molecule has 0 N–H and O–H groups in total. The number of halogens is 2. The second-order valence-corrected chi connectivity index (χ2v) is 8.79. The fourth-order valence-electron chi connectivity index (χ4n) is 3.31. The molecule has 146 valence electrons. The quantitative estimate of drug-likeness (QED) is 0.723. The van der Waals surface area contributed by atoms with Gasteiger partial charge in [-0.1, -0.05) is 11.6 Å². The van der Waals surface area contributed by atoms with Gasteiger partial charge >= 0.3 is 0 Å². The first-order valence-electron chi connectivity index (χ1n) is 8.83. The summed E-state index contributed by atoms with van der Waals surface area (Å²) < 4.78 is 52.2. The van der Waals surface area contributed by atoms with Gasteiger partial charge < -0.3 is 9.47 Å². The molecular formula is C17H24ClFN2O4S. The number of rotatable bonds is 6. The predicted octanol–water partition coefficient (Wildman–Crippen LogP) is 1.98. The van der Waals surface area contributed by atoms with Gasteiger partial charge in [0, 0.05) is 45.4 Å². The molecule has 2 saturated heterocycles. The zero-order valence-corrected chi connectivity index (χ0v) is 16.1. The number of ether oxygens (including phenoxy) is 2. The number of morpholine rings is 1. The highest BCUT2D eigenvalue weighted by molar-refractivity contribution is 7.89. The van der Waals surface area contributed by atoms with E-state index in [0.29, 0.717) is 52.4 Å². The van der Waals surface area contributed by atoms with Crippen molar-refractivity contribution in [2.24, 2.45) is 0 Å². The first-order valence-corrected chi connectivity index (χ1v) is 10.6. The maximum Gasteiger partial charge on any atom is 0.243 e. The van der Waals surface area contributed by atoms with Crippen LogP contribution in [0.15, 0.2) is 23.1 Å². The second-order valence-electron chi connectivity index (χ2n) is 6.49. The number of hydrogen-bond acceptors (Lipinski definition) is 5. The smallest absolute Gasteiger partial charge is 0.243 e. The van der Waals surface area contributed by atoms with Crippen LogP contribution >= 0.6 is 11.6 Å². The highest BCUT2D eigenvalue weighted by atomic mass is 35.5. The fraction of sp³-hybridized carbons (Fsp3) is 0.647. The molecule has 0 aromatic heterocycles. The predicted molar refractivity (Wildman–Crippen MR) is 96.4 cm³/mol. The van der Waals surface area contributed by atoms with Gasteiger partial charge in [-0.15, -0.1) is 0 Å². The third kappa shape index (κ3) is 4.74. The third-order valence-corrected chi connectivity index (χ3v) is 7.07. The van der Waals surface area contributed by atoms with Crippen molar-refractivity contribution in [1.82, 2.24) is 9.21 Å². The molecule has 0 aliphatic carbocycles. The van der Waals surface area contributed by atoms with Crippen molar-refractivity contribution < 1.29 is 22.3 Å². The molecular weight excluding hydrogens is 383 g/mol. The lowest BCUT2D eigenvalue weighted by Crippen LogP contribution is -2.48. The molecule has 1 aromatic carbocycles. The lowest BCUT2D eigenvalue weighted by Gasteiger charge is -2.35. The summed E-state index contributed by atoms with van der Waals surface area (Å²) >= 11 is 5.81. The molecule has 2 heterocycles. The minimum absolute atomic E-state index is 0.0253. The summed E-state index contributed by atoms with van der Waals surface area (Å²) in [5.41, 5.74) is 0. The van der Waals surface area contributed by atoms with Gasteiger partial charge in [0.1, 0.15) is 5.82 Å². The molecule has 3 rings (SSSR count). The molecule has 2 aliphatic heterocycles. The Bertz CT molecular complexity index is 707. The Morgan fingerprint density at radius 3 is 2.46 bits per heavy atom. The van der Waals surface area contributed by atoms with E-state index in [2.05, 4.69) is 4.90 Å². The summed E-state index contributed by atoms with van der Waals surface area (Å²) in [7, 11) is -3.77. The second kappa shape index (κ2) is 8.95. The van der Waals surface area contributed by atoms with Crippen molar-refractivity contribution in [2.45, 2.75) is 23.8 Å². The topological polar surface area (TPSA) is 59.1 Å². The standard InChI is InChI=1S/C17H24ClFN2O4S/c18-16-13-15(1-2-17(16)19)26(22,23)21(14-3-9-24-10-4-14)6-5-20-7-11-25-12-8-20/h1-2,13-14H,3-12H2. The fourth-order valence-corrected chi connectivity index (χ4v) is 5.26. The average molecular weight is 407 g/mol. The van der Waals surface area contributed by atoms with Crippen LogP contribution in [0.5, 0.6) is 0 Å². The van der Waals surface area contributed by atoms with Crippen LogP contribution < -0.4 is 0 Å². The molecule has 0 radical (unpaired) electrons. The summed E-state index contributed by atoms with van der Waals surface area (Å²) in [4.78, 5) is 2.22. The van der Waals surface area contributed by atoms with E-state index in [1.807, 2.05) is 0 Å². The lowest BCUT2D eigenvalue weighted by atomic mass is 10.1. The Kier molecular flexibility index (Phi) is 6.87. The van der Waals surface area contributed by atoms with Crippen LogP contribution in [0.2, 0.25) is 5.02 Å². The maximum absolute atomic E-state index is 13.5. The number of hydrogen-bond donors (Lipinski definition) is 0. The van der Waals surface area contributed by atoms with E-state index in [9.17, 15) is 12.8 Å². The first-order chi connectivity index (χ1) is 12.5. The van der Waals surface area contributed by atoms with Crippen LogP contribution in [0.4, 0.5) is 4.39 Å². The zero-order valence-electron chi connectivity index (χ0n) is 14.6. The Morgan fingerprint density at radius 1 is 1.15 bits per heavy atom. The molecule has 1 aromatic rings. The van der Waals surface area contributed by atoms with E-state index in [0.717, 1.165) is 19.2 Å². The van der Waals surface area contributed by atoms with Gasteiger partial charge in [0.2, 0.25) is 10.0 Å². The van der Waals surface area contributed by atoms with Crippen LogP contribution in [0, 0.1) is 5.82 Å². The van der Waals surface area contributed by atoms with Crippen molar-refractivity contribution in [3.8, 4) is 0 Å². The van der Waals surface area contributed by atoms with E-state index in [4.69, 9.17) is 21.1 Å². The van der Waals surface area contributed by atoms with Crippen LogP contribution in [-0.4, -0.2) is 76.3 Å². The summed E-state index contributed by atoms with van der Waals surface area (Å²) in [6, 6.07) is 3.43. The van der Waals surface area contributed by atoms with Gasteiger partial charge in [0.05, 0.1) is 23.1 Å². The van der Waals surface area contributed by atoms with Gasteiger partial charge in [-0.2, -0.15) is 4.31 Å². The first kappa shape index (κ1) is 20.0. The molecule has 0 atom stereocenters. The molecule has 2 aliphatic rings. The number of nitrogens with zero attached hydrogens (tertiary/aromatic N) is 2. The number of sulfonamides is 1. The van der Waals surface area contributed by atoms with E-state index < -0.39 is 15.8 Å². The lowest BCUT2D eigenvalue weighted by molar-refractivity contribution is 0.0291. The minimum atomic E-state index is -3.77. The average Bonchev–Trinajstić information content (AvgIpc) is 2.65. The van der Waals surface area contributed by atoms with Gasteiger partial charge in [0.15, 0.2) is 0 Å². The monoisotopic (exact) mass is 406 g/mol. The molecule has 26 heavy (non-hydrogen) atoms. The summed E-state index contributed by atoms with van der Waals surface area (Å²) in [6.45, 7) is 5.01. The summed E-state index contributed by atoms with van der Waals surface area (Å²) in [5, 5.41) is -0.189. The minimum Gasteiger partial charge on any atom is -0.381 e. The van der Waals surface area contributed by atoms with E-state index >= 15 is 0 Å². The normalized spacial score (nSPS) is 20.6. The van der Waals surface area contributed by atoms with Crippen LogP contribution in [-0.2, 0) is 19.5 Å². The van der Waals surface area contributed by atoms with Gasteiger partial charge in [-0.25, -0.2) is 12.8 Å². The van der Waals surface area contributed by atoms with Crippen LogP contribution in [0.3, 0.4) is 0 Å². The highest BCUT2D eigenvalue weighted by Gasteiger charge is 2.33. The van der Waals surface area contributed by atoms with Crippen LogP contribution in [0.1, 0.15) is 12.8 Å². The van der Waals surface area contributed by atoms with Crippen molar-refractivity contribution >= 4 is 21.6 Å². The highest BCUT2D eigenvalue weighted by Crippen LogP contribution is 2.26. The molecule has 0 spiro atoms. The van der Waals surface area contributed by atoms with Crippen molar-refractivity contribution in [3.05, 3.63) is 29.0 Å². The molecule has 6 nitrogen and oxygen atoms in total. The zero-order chi connectivity index (χ0) is 18.6.